The third-order valence-electron chi connectivity index (χ3n) is 6.35. The minimum absolute atomic E-state index is 0.00973. The topological polar surface area (TPSA) is 67.9 Å². The number of carbonyl (C=O) groups excluding carboxylic acids is 2. The highest BCUT2D eigenvalue weighted by atomic mass is 16.5. The van der Waals surface area contributed by atoms with Crippen molar-refractivity contribution in [2.45, 2.75) is 51.8 Å². The van der Waals surface area contributed by atoms with Crippen molar-refractivity contribution < 1.29 is 19.1 Å². The first-order valence-electron chi connectivity index (χ1n) is 12.1. The quantitative estimate of drug-likeness (QED) is 0.468. The van der Waals surface area contributed by atoms with Crippen LogP contribution in [0.1, 0.15) is 49.4 Å². The summed E-state index contributed by atoms with van der Waals surface area (Å²) < 4.78 is 11.3. The Balaban J connectivity index is 1.56. The molecule has 3 aromatic rings. The molecule has 3 aromatic carbocycles. The summed E-state index contributed by atoms with van der Waals surface area (Å²) in [6.45, 7) is 4.47. The molecule has 0 radical (unpaired) electrons. The van der Waals surface area contributed by atoms with E-state index in [2.05, 4.69) is 24.4 Å². The van der Waals surface area contributed by atoms with Crippen LogP contribution in [0.15, 0.2) is 72.8 Å². The van der Waals surface area contributed by atoms with Crippen LogP contribution in [0.2, 0.25) is 0 Å². The van der Waals surface area contributed by atoms with Crippen molar-refractivity contribution in [3.8, 4) is 11.5 Å². The number of anilines is 1. The van der Waals surface area contributed by atoms with Crippen LogP contribution >= 0.6 is 0 Å². The molecule has 35 heavy (non-hydrogen) atoms. The number of methoxy groups -OCH3 is 1. The van der Waals surface area contributed by atoms with Gasteiger partial charge in [-0.2, -0.15) is 0 Å². The van der Waals surface area contributed by atoms with Gasteiger partial charge in [0.1, 0.15) is 11.5 Å². The molecule has 1 N–H and O–H groups in total. The zero-order chi connectivity index (χ0) is 24.8. The molecule has 1 aliphatic rings. The standard InChI is InChI=1S/C29H32N2O4/c1-4-25(21-9-7-6-8-10-21)31-19-22-18-23(13-16-27(22)35-26(5-2)29(31)33)30-28(32)17-20-11-14-24(34-3)15-12-20/h6-16,18,25-26H,4-5,17,19H2,1-3H3,(H,30,32)/t25-,26-/m0/s1. The number of hydrogen-bond donors (Lipinski definition) is 1. The normalized spacial score (nSPS) is 16.0. The summed E-state index contributed by atoms with van der Waals surface area (Å²) in [7, 11) is 1.61. The lowest BCUT2D eigenvalue weighted by Crippen LogP contribution is -2.41. The molecule has 0 bridgehead atoms. The van der Waals surface area contributed by atoms with E-state index in [1.54, 1.807) is 7.11 Å². The molecule has 0 spiro atoms. The third-order valence-corrected chi connectivity index (χ3v) is 6.35. The van der Waals surface area contributed by atoms with Gasteiger partial charge in [0.2, 0.25) is 5.91 Å². The zero-order valence-electron chi connectivity index (χ0n) is 20.5. The maximum absolute atomic E-state index is 13.5. The number of nitrogens with zero attached hydrogens (tertiary/aromatic N) is 1. The lowest BCUT2D eigenvalue weighted by atomic mass is 10.0. The molecule has 6 nitrogen and oxygen atoms in total. The Morgan fingerprint density at radius 2 is 1.83 bits per heavy atom. The van der Waals surface area contributed by atoms with Crippen LogP contribution in [0.5, 0.6) is 11.5 Å². The summed E-state index contributed by atoms with van der Waals surface area (Å²) in [4.78, 5) is 28.1. The van der Waals surface area contributed by atoms with Crippen molar-refractivity contribution in [3.05, 3.63) is 89.5 Å². The van der Waals surface area contributed by atoms with Gasteiger partial charge in [0.15, 0.2) is 6.10 Å². The van der Waals surface area contributed by atoms with E-state index in [1.165, 1.54) is 0 Å². The van der Waals surface area contributed by atoms with Crippen molar-refractivity contribution in [1.82, 2.24) is 4.90 Å². The van der Waals surface area contributed by atoms with Crippen molar-refractivity contribution in [3.63, 3.8) is 0 Å². The van der Waals surface area contributed by atoms with Gasteiger partial charge in [0.05, 0.1) is 26.1 Å². The Hall–Kier alpha value is -3.80. The van der Waals surface area contributed by atoms with Gasteiger partial charge in [-0.1, -0.05) is 56.3 Å². The molecule has 2 amide bonds. The molecule has 2 atom stereocenters. The molecular formula is C29H32N2O4. The van der Waals surface area contributed by atoms with Crippen LogP contribution in [0.4, 0.5) is 5.69 Å². The fraction of sp³-hybridized carbons (Fsp3) is 0.310. The number of amides is 2. The summed E-state index contributed by atoms with van der Waals surface area (Å²) >= 11 is 0. The van der Waals surface area contributed by atoms with Crippen LogP contribution in [0, 0.1) is 0 Å². The first-order chi connectivity index (χ1) is 17.0. The smallest absolute Gasteiger partial charge is 0.264 e. The summed E-state index contributed by atoms with van der Waals surface area (Å²) in [5.74, 6) is 1.32. The van der Waals surface area contributed by atoms with E-state index < -0.39 is 6.10 Å². The number of ether oxygens (including phenoxy) is 2. The third kappa shape index (κ3) is 5.65. The lowest BCUT2D eigenvalue weighted by molar-refractivity contribution is -0.141. The van der Waals surface area contributed by atoms with E-state index in [0.29, 0.717) is 24.4 Å². The van der Waals surface area contributed by atoms with E-state index in [9.17, 15) is 9.59 Å². The zero-order valence-corrected chi connectivity index (χ0v) is 20.5. The Morgan fingerprint density at radius 3 is 2.49 bits per heavy atom. The highest BCUT2D eigenvalue weighted by Crippen LogP contribution is 2.34. The van der Waals surface area contributed by atoms with Crippen LogP contribution in [-0.2, 0) is 22.6 Å². The molecule has 0 unspecified atom stereocenters. The average molecular weight is 473 g/mol. The van der Waals surface area contributed by atoms with E-state index in [1.807, 2.05) is 72.5 Å². The number of fused-ring (bicyclic) bond motifs is 1. The van der Waals surface area contributed by atoms with E-state index in [4.69, 9.17) is 9.47 Å². The first kappa shape index (κ1) is 24.3. The highest BCUT2D eigenvalue weighted by Gasteiger charge is 2.34. The summed E-state index contributed by atoms with van der Waals surface area (Å²) in [6, 6.07) is 23.1. The minimum Gasteiger partial charge on any atom is -0.497 e. The second kappa shape index (κ2) is 11.1. The van der Waals surface area contributed by atoms with Crippen LogP contribution in [-0.4, -0.2) is 29.9 Å². The summed E-state index contributed by atoms with van der Waals surface area (Å²) in [5.41, 5.74) is 3.56. The Bertz CT molecular complexity index is 1160. The molecule has 0 saturated carbocycles. The molecule has 1 heterocycles. The van der Waals surface area contributed by atoms with E-state index >= 15 is 0 Å². The van der Waals surface area contributed by atoms with Gasteiger partial charge in [-0.15, -0.1) is 0 Å². The molecule has 182 valence electrons. The molecule has 4 rings (SSSR count). The SMILES string of the molecule is CC[C@@H]1Oc2ccc(NC(=O)Cc3ccc(OC)cc3)cc2CN([C@@H](CC)c2ccccc2)C1=O. The Morgan fingerprint density at radius 1 is 1.09 bits per heavy atom. The highest BCUT2D eigenvalue weighted by molar-refractivity contribution is 5.92. The van der Waals surface area contributed by atoms with Gasteiger partial charge < -0.3 is 19.7 Å². The van der Waals surface area contributed by atoms with Crippen molar-refractivity contribution in [2.75, 3.05) is 12.4 Å². The molecule has 0 aromatic heterocycles. The molecule has 0 saturated heterocycles. The van der Waals surface area contributed by atoms with Gasteiger partial charge >= 0.3 is 0 Å². The summed E-state index contributed by atoms with van der Waals surface area (Å²) in [6.07, 6.45) is 1.09. The van der Waals surface area contributed by atoms with E-state index in [0.717, 1.165) is 28.9 Å². The number of benzene rings is 3. The molecular weight excluding hydrogens is 440 g/mol. The van der Waals surface area contributed by atoms with Crippen molar-refractivity contribution in [1.29, 1.82) is 0 Å². The van der Waals surface area contributed by atoms with Crippen molar-refractivity contribution >= 4 is 17.5 Å². The number of carbonyl (C=O) groups is 2. The maximum Gasteiger partial charge on any atom is 0.264 e. The minimum atomic E-state index is -0.537. The van der Waals surface area contributed by atoms with Crippen LogP contribution in [0.3, 0.4) is 0 Å². The second-order valence-corrected chi connectivity index (χ2v) is 8.71. The summed E-state index contributed by atoms with van der Waals surface area (Å²) in [5, 5.41) is 2.99. The molecule has 0 fully saturated rings. The lowest BCUT2D eigenvalue weighted by Gasteiger charge is -2.32. The fourth-order valence-corrected chi connectivity index (χ4v) is 4.51. The van der Waals surface area contributed by atoms with Gasteiger partial charge in [-0.3, -0.25) is 9.59 Å². The van der Waals surface area contributed by atoms with Crippen molar-refractivity contribution in [2.24, 2.45) is 0 Å². The Kier molecular flexibility index (Phi) is 7.70. The fourth-order valence-electron chi connectivity index (χ4n) is 4.51. The van der Waals surface area contributed by atoms with Crippen LogP contribution < -0.4 is 14.8 Å². The van der Waals surface area contributed by atoms with Gasteiger partial charge in [-0.25, -0.2) is 0 Å². The van der Waals surface area contributed by atoms with Crippen LogP contribution in [0.25, 0.3) is 0 Å². The number of hydrogen-bond acceptors (Lipinski definition) is 4. The second-order valence-electron chi connectivity index (χ2n) is 8.71. The van der Waals surface area contributed by atoms with E-state index in [-0.39, 0.29) is 24.3 Å². The average Bonchev–Trinajstić information content (AvgIpc) is 3.01. The Labute approximate surface area is 206 Å². The van der Waals surface area contributed by atoms with Gasteiger partial charge in [-0.05, 0) is 54.3 Å². The number of nitrogens with one attached hydrogen (secondary N) is 1. The first-order valence-corrected chi connectivity index (χ1v) is 12.1. The predicted octanol–water partition coefficient (Wildman–Crippen LogP) is 5.53. The van der Waals surface area contributed by atoms with Gasteiger partial charge in [0.25, 0.3) is 5.91 Å². The maximum atomic E-state index is 13.5. The molecule has 6 heteroatoms. The largest absolute Gasteiger partial charge is 0.497 e. The molecule has 1 aliphatic heterocycles. The number of rotatable bonds is 8. The monoisotopic (exact) mass is 472 g/mol. The predicted molar refractivity (Wildman–Crippen MR) is 137 cm³/mol. The molecule has 0 aliphatic carbocycles. The van der Waals surface area contributed by atoms with Gasteiger partial charge in [0, 0.05) is 11.3 Å².